The van der Waals surface area contributed by atoms with Crippen molar-refractivity contribution >= 4 is 34.4 Å². The second-order valence-corrected chi connectivity index (χ2v) is 5.87. The van der Waals surface area contributed by atoms with Crippen molar-refractivity contribution in [3.05, 3.63) is 55.1 Å². The molecule has 104 valence electrons. The summed E-state index contributed by atoms with van der Waals surface area (Å²) in [4.78, 5) is 4.61. The van der Waals surface area contributed by atoms with Crippen LogP contribution in [0.15, 0.2) is 54.7 Å². The third kappa shape index (κ3) is 3.73. The molecule has 0 radical (unpaired) electrons. The molecule has 0 spiro atoms. The SMILES string of the molecule is C=CCSc1nc(-c2ccc(CI)cc2)n(CC=C)n1. The first kappa shape index (κ1) is 15.3. The van der Waals surface area contributed by atoms with Crippen molar-refractivity contribution in [2.75, 3.05) is 5.75 Å². The molecule has 5 heteroatoms. The molecule has 20 heavy (non-hydrogen) atoms. The first-order chi connectivity index (χ1) is 9.78. The molecule has 0 bridgehead atoms. The molecule has 2 aromatic rings. The van der Waals surface area contributed by atoms with Crippen LogP contribution >= 0.6 is 34.4 Å². The second kappa shape index (κ2) is 7.64. The molecule has 0 N–H and O–H groups in total. The Labute approximate surface area is 137 Å². The van der Waals surface area contributed by atoms with Gasteiger partial charge in [0.2, 0.25) is 5.16 Å². The summed E-state index contributed by atoms with van der Waals surface area (Å²) in [7, 11) is 0. The van der Waals surface area contributed by atoms with Gasteiger partial charge in [0.15, 0.2) is 5.82 Å². The zero-order valence-corrected chi connectivity index (χ0v) is 14.1. The smallest absolute Gasteiger partial charge is 0.209 e. The van der Waals surface area contributed by atoms with Crippen molar-refractivity contribution in [2.24, 2.45) is 0 Å². The summed E-state index contributed by atoms with van der Waals surface area (Å²) in [5, 5.41) is 5.28. The summed E-state index contributed by atoms with van der Waals surface area (Å²) in [6, 6.07) is 8.45. The molecule has 0 aliphatic rings. The molecule has 0 aliphatic heterocycles. The molecule has 1 aromatic carbocycles. The lowest BCUT2D eigenvalue weighted by atomic mass is 10.1. The van der Waals surface area contributed by atoms with Gasteiger partial charge in [-0.2, -0.15) is 0 Å². The van der Waals surface area contributed by atoms with Crippen LogP contribution in [0.1, 0.15) is 5.56 Å². The number of hydrogen-bond acceptors (Lipinski definition) is 3. The third-order valence-electron chi connectivity index (χ3n) is 2.65. The highest BCUT2D eigenvalue weighted by Gasteiger charge is 2.11. The summed E-state index contributed by atoms with van der Waals surface area (Å²) in [5.74, 6) is 1.70. The highest BCUT2D eigenvalue weighted by molar-refractivity contribution is 14.1. The number of benzene rings is 1. The van der Waals surface area contributed by atoms with E-state index < -0.39 is 0 Å². The van der Waals surface area contributed by atoms with E-state index >= 15 is 0 Å². The van der Waals surface area contributed by atoms with E-state index in [1.807, 2.05) is 16.8 Å². The molecule has 2 rings (SSSR count). The number of halogens is 1. The van der Waals surface area contributed by atoms with Crippen molar-refractivity contribution in [3.8, 4) is 11.4 Å². The first-order valence-corrected chi connectivity index (χ1v) is 8.74. The molecule has 1 heterocycles. The van der Waals surface area contributed by atoms with Crippen LogP contribution in [0.25, 0.3) is 11.4 Å². The number of alkyl halides is 1. The van der Waals surface area contributed by atoms with E-state index in [0.29, 0.717) is 6.54 Å². The van der Waals surface area contributed by atoms with E-state index in [9.17, 15) is 0 Å². The average molecular weight is 397 g/mol. The van der Waals surface area contributed by atoms with Crippen LogP contribution < -0.4 is 0 Å². The van der Waals surface area contributed by atoms with Crippen molar-refractivity contribution in [1.29, 1.82) is 0 Å². The predicted octanol–water partition coefficient (Wildman–Crippen LogP) is 4.34. The van der Waals surface area contributed by atoms with Crippen molar-refractivity contribution in [1.82, 2.24) is 14.8 Å². The van der Waals surface area contributed by atoms with Gasteiger partial charge in [-0.05, 0) is 5.56 Å². The molecular formula is C15H16IN3S. The summed E-state index contributed by atoms with van der Waals surface area (Å²) in [6.07, 6.45) is 3.69. The summed E-state index contributed by atoms with van der Waals surface area (Å²) in [5.41, 5.74) is 2.39. The first-order valence-electron chi connectivity index (χ1n) is 6.23. The minimum Gasteiger partial charge on any atom is -0.241 e. The van der Waals surface area contributed by atoms with E-state index in [2.05, 4.69) is 70.1 Å². The largest absolute Gasteiger partial charge is 0.241 e. The van der Waals surface area contributed by atoms with Crippen LogP contribution in [0.3, 0.4) is 0 Å². The van der Waals surface area contributed by atoms with Crippen LogP contribution in [0.4, 0.5) is 0 Å². The van der Waals surface area contributed by atoms with E-state index in [-0.39, 0.29) is 0 Å². The van der Waals surface area contributed by atoms with Crippen molar-refractivity contribution in [2.45, 2.75) is 16.1 Å². The Balaban J connectivity index is 2.33. The van der Waals surface area contributed by atoms with Gasteiger partial charge in [-0.1, -0.05) is 70.8 Å². The minimum absolute atomic E-state index is 0.658. The van der Waals surface area contributed by atoms with E-state index in [1.165, 1.54) is 5.56 Å². The van der Waals surface area contributed by atoms with Gasteiger partial charge in [-0.25, -0.2) is 9.67 Å². The standard InChI is InChI=1S/C15H16IN3S/c1-3-9-19-14(17-15(18-19)20-10-4-2)13-7-5-12(11-16)6-8-13/h3-8H,1-2,9-11H2. The molecule has 0 amide bonds. The van der Waals surface area contributed by atoms with Gasteiger partial charge < -0.3 is 0 Å². The molecule has 0 unspecified atom stereocenters. The number of nitrogens with zero attached hydrogens (tertiary/aromatic N) is 3. The Hall–Kier alpha value is -1.08. The zero-order valence-electron chi connectivity index (χ0n) is 11.1. The van der Waals surface area contributed by atoms with Gasteiger partial charge in [-0.3, -0.25) is 0 Å². The maximum absolute atomic E-state index is 4.61. The molecular weight excluding hydrogens is 381 g/mol. The van der Waals surface area contributed by atoms with Gasteiger partial charge in [-0.15, -0.1) is 18.3 Å². The molecule has 0 saturated heterocycles. The summed E-state index contributed by atoms with van der Waals surface area (Å²) in [6.45, 7) is 8.15. The fourth-order valence-electron chi connectivity index (χ4n) is 1.72. The number of aromatic nitrogens is 3. The molecule has 1 aromatic heterocycles. The Morgan fingerprint density at radius 3 is 2.55 bits per heavy atom. The lowest BCUT2D eigenvalue weighted by molar-refractivity contribution is 0.687. The van der Waals surface area contributed by atoms with Crippen LogP contribution in [0.5, 0.6) is 0 Å². The van der Waals surface area contributed by atoms with E-state index in [0.717, 1.165) is 26.7 Å². The second-order valence-electron chi connectivity index (χ2n) is 4.12. The van der Waals surface area contributed by atoms with Crippen LogP contribution in [-0.4, -0.2) is 20.5 Å². The van der Waals surface area contributed by atoms with Gasteiger partial charge in [0.05, 0.1) is 6.54 Å². The normalized spacial score (nSPS) is 10.4. The Morgan fingerprint density at radius 2 is 1.95 bits per heavy atom. The number of hydrogen-bond donors (Lipinski definition) is 0. The van der Waals surface area contributed by atoms with Gasteiger partial charge in [0.25, 0.3) is 0 Å². The van der Waals surface area contributed by atoms with Crippen LogP contribution in [0.2, 0.25) is 0 Å². The molecule has 3 nitrogen and oxygen atoms in total. The van der Waals surface area contributed by atoms with E-state index in [4.69, 9.17) is 0 Å². The Bertz CT molecular complexity index is 590. The monoisotopic (exact) mass is 397 g/mol. The van der Waals surface area contributed by atoms with Crippen molar-refractivity contribution < 1.29 is 0 Å². The van der Waals surface area contributed by atoms with Gasteiger partial charge in [0.1, 0.15) is 0 Å². The third-order valence-corrected chi connectivity index (χ3v) is 4.37. The minimum atomic E-state index is 0.658. The van der Waals surface area contributed by atoms with Gasteiger partial charge in [0, 0.05) is 15.7 Å². The van der Waals surface area contributed by atoms with Crippen LogP contribution in [-0.2, 0) is 11.0 Å². The Kier molecular flexibility index (Phi) is 5.85. The average Bonchev–Trinajstić information content (AvgIpc) is 2.88. The number of rotatable bonds is 7. The molecule has 0 atom stereocenters. The molecule has 0 fully saturated rings. The lowest BCUT2D eigenvalue weighted by Crippen LogP contribution is -2.00. The maximum atomic E-state index is 4.61. The number of thioether (sulfide) groups is 1. The molecule has 0 aliphatic carbocycles. The number of allylic oxidation sites excluding steroid dienone is 1. The highest BCUT2D eigenvalue weighted by Crippen LogP contribution is 2.23. The fourth-order valence-corrected chi connectivity index (χ4v) is 2.80. The molecule has 0 saturated carbocycles. The summed E-state index contributed by atoms with van der Waals surface area (Å²) >= 11 is 3.95. The van der Waals surface area contributed by atoms with Crippen molar-refractivity contribution in [3.63, 3.8) is 0 Å². The predicted molar refractivity (Wildman–Crippen MR) is 94.3 cm³/mol. The Morgan fingerprint density at radius 1 is 1.20 bits per heavy atom. The quantitative estimate of drug-likeness (QED) is 0.301. The highest BCUT2D eigenvalue weighted by atomic mass is 127. The zero-order chi connectivity index (χ0) is 14.4. The van der Waals surface area contributed by atoms with E-state index in [1.54, 1.807) is 11.8 Å². The fraction of sp³-hybridized carbons (Fsp3) is 0.200. The van der Waals surface area contributed by atoms with Gasteiger partial charge >= 0.3 is 0 Å². The summed E-state index contributed by atoms with van der Waals surface area (Å²) < 4.78 is 2.90. The topological polar surface area (TPSA) is 30.7 Å². The van der Waals surface area contributed by atoms with Crippen LogP contribution in [0, 0.1) is 0 Å². The lowest BCUT2D eigenvalue weighted by Gasteiger charge is -2.03. The maximum Gasteiger partial charge on any atom is 0.209 e.